The highest BCUT2D eigenvalue weighted by Crippen LogP contribution is 2.39. The van der Waals surface area contributed by atoms with Crippen LogP contribution in [0.1, 0.15) is 24.0 Å². The second kappa shape index (κ2) is 4.96. The van der Waals surface area contributed by atoms with E-state index < -0.39 is 21.1 Å². The zero-order chi connectivity index (χ0) is 14.2. The van der Waals surface area contributed by atoms with E-state index in [1.807, 2.05) is 13.0 Å². The third-order valence-corrected chi connectivity index (χ3v) is 5.77. The van der Waals surface area contributed by atoms with Crippen LogP contribution in [0.25, 0.3) is 0 Å². The van der Waals surface area contributed by atoms with Crippen molar-refractivity contribution in [2.24, 2.45) is 5.92 Å². The van der Waals surface area contributed by atoms with Gasteiger partial charge in [-0.05, 0) is 49.8 Å². The third-order valence-electron chi connectivity index (χ3n) is 3.47. The van der Waals surface area contributed by atoms with Gasteiger partial charge >= 0.3 is 5.97 Å². The molecule has 0 heterocycles. The van der Waals surface area contributed by atoms with Crippen LogP contribution in [0.5, 0.6) is 0 Å². The predicted molar refractivity (Wildman–Crippen MR) is 71.6 cm³/mol. The minimum Gasteiger partial charge on any atom is -0.468 e. The highest BCUT2D eigenvalue weighted by molar-refractivity contribution is 7.92. The average Bonchev–Trinajstić information content (AvgIpc) is 3.16. The molecule has 5 heteroatoms. The lowest BCUT2D eigenvalue weighted by atomic mass is 10.2. The molecule has 1 atom stereocenters. The molecule has 4 nitrogen and oxygen atoms in total. The summed E-state index contributed by atoms with van der Waals surface area (Å²) in [6.07, 6.45) is 1.54. The molecular formula is C14H18O4S. The number of carbonyl (C=O) groups excluding carboxylic acids is 1. The molecule has 1 aliphatic carbocycles. The lowest BCUT2D eigenvalue weighted by Gasteiger charge is -2.16. The molecule has 0 radical (unpaired) electrons. The molecule has 0 saturated heterocycles. The van der Waals surface area contributed by atoms with Crippen molar-refractivity contribution in [3.8, 4) is 0 Å². The summed E-state index contributed by atoms with van der Waals surface area (Å²) in [5.74, 6) is -0.749. The number of rotatable bonds is 4. The maximum atomic E-state index is 12.7. The van der Waals surface area contributed by atoms with Gasteiger partial charge in [0.05, 0.1) is 12.0 Å². The molecule has 0 aromatic heterocycles. The highest BCUT2D eigenvalue weighted by Gasteiger charge is 2.46. The SMILES string of the molecule is COC(=O)C(C1CC1)S(=O)(=O)c1cc(C)ccc1C. The third kappa shape index (κ3) is 2.66. The van der Waals surface area contributed by atoms with E-state index in [0.717, 1.165) is 18.4 Å². The van der Waals surface area contributed by atoms with Crippen LogP contribution in [0.2, 0.25) is 0 Å². The number of methoxy groups -OCH3 is 1. The summed E-state index contributed by atoms with van der Waals surface area (Å²) in [5, 5.41) is -1.06. The van der Waals surface area contributed by atoms with Crippen LogP contribution in [0, 0.1) is 19.8 Å². The fourth-order valence-electron chi connectivity index (χ4n) is 2.24. The number of benzene rings is 1. The molecule has 0 bridgehead atoms. The van der Waals surface area contributed by atoms with Gasteiger partial charge in [-0.15, -0.1) is 0 Å². The molecule has 0 aliphatic heterocycles. The molecule has 0 spiro atoms. The topological polar surface area (TPSA) is 60.4 Å². The van der Waals surface area contributed by atoms with Crippen molar-refractivity contribution in [3.05, 3.63) is 29.3 Å². The standard InChI is InChI=1S/C14H18O4S/c1-9-4-5-10(2)12(8-9)19(16,17)13(11-6-7-11)14(15)18-3/h4-5,8,11,13H,6-7H2,1-3H3. The lowest BCUT2D eigenvalue weighted by Crippen LogP contribution is -2.34. The Hall–Kier alpha value is -1.36. The predicted octanol–water partition coefficient (Wildman–Crippen LogP) is 2.03. The first kappa shape index (κ1) is 14.1. The van der Waals surface area contributed by atoms with E-state index in [9.17, 15) is 13.2 Å². The Bertz CT molecular complexity index is 600. The number of hydrogen-bond acceptors (Lipinski definition) is 4. The molecule has 104 valence electrons. The number of ether oxygens (including phenoxy) is 1. The summed E-state index contributed by atoms with van der Waals surface area (Å²) in [4.78, 5) is 12.1. The van der Waals surface area contributed by atoms with E-state index in [4.69, 9.17) is 0 Å². The van der Waals surface area contributed by atoms with Crippen LogP contribution in [0.15, 0.2) is 23.1 Å². The lowest BCUT2D eigenvalue weighted by molar-refractivity contribution is -0.140. The second-order valence-electron chi connectivity index (χ2n) is 5.10. The summed E-state index contributed by atoms with van der Waals surface area (Å²) in [6.45, 7) is 3.58. The highest BCUT2D eigenvalue weighted by atomic mass is 32.2. The molecule has 1 fully saturated rings. The maximum Gasteiger partial charge on any atom is 0.324 e. The van der Waals surface area contributed by atoms with Crippen LogP contribution < -0.4 is 0 Å². The van der Waals surface area contributed by atoms with Crippen molar-refractivity contribution in [1.82, 2.24) is 0 Å². The Balaban J connectivity index is 2.50. The molecule has 0 amide bonds. The van der Waals surface area contributed by atoms with Gasteiger partial charge in [-0.25, -0.2) is 8.42 Å². The van der Waals surface area contributed by atoms with Crippen LogP contribution >= 0.6 is 0 Å². The van der Waals surface area contributed by atoms with Crippen molar-refractivity contribution >= 4 is 15.8 Å². The van der Waals surface area contributed by atoms with Gasteiger partial charge < -0.3 is 4.74 Å². The van der Waals surface area contributed by atoms with Gasteiger partial charge in [-0.2, -0.15) is 0 Å². The molecule has 1 saturated carbocycles. The molecular weight excluding hydrogens is 264 g/mol. The molecule has 1 aromatic rings. The summed E-state index contributed by atoms with van der Waals surface area (Å²) in [5.41, 5.74) is 1.53. The van der Waals surface area contributed by atoms with Crippen LogP contribution in [-0.4, -0.2) is 26.7 Å². The van der Waals surface area contributed by atoms with Gasteiger partial charge in [0, 0.05) is 0 Å². The Morgan fingerprint density at radius 3 is 2.47 bits per heavy atom. The van der Waals surface area contributed by atoms with E-state index >= 15 is 0 Å². The van der Waals surface area contributed by atoms with Crippen molar-refractivity contribution in [2.45, 2.75) is 36.8 Å². The zero-order valence-corrected chi connectivity index (χ0v) is 12.2. The summed E-state index contributed by atoms with van der Waals surface area (Å²) >= 11 is 0. The van der Waals surface area contributed by atoms with E-state index in [1.54, 1.807) is 19.1 Å². The smallest absolute Gasteiger partial charge is 0.324 e. The minimum atomic E-state index is -3.68. The fraction of sp³-hybridized carbons (Fsp3) is 0.500. The molecule has 1 aromatic carbocycles. The van der Waals surface area contributed by atoms with Gasteiger partial charge in [0.25, 0.3) is 0 Å². The first-order valence-electron chi connectivity index (χ1n) is 6.27. The minimum absolute atomic E-state index is 0.0997. The molecule has 1 aliphatic rings. The summed E-state index contributed by atoms with van der Waals surface area (Å²) in [7, 11) is -2.44. The van der Waals surface area contributed by atoms with E-state index in [2.05, 4.69) is 4.74 Å². The van der Waals surface area contributed by atoms with Crippen molar-refractivity contribution in [2.75, 3.05) is 7.11 Å². The number of esters is 1. The molecule has 19 heavy (non-hydrogen) atoms. The second-order valence-corrected chi connectivity index (χ2v) is 7.13. The quantitative estimate of drug-likeness (QED) is 0.793. The first-order valence-corrected chi connectivity index (χ1v) is 7.81. The Morgan fingerprint density at radius 1 is 1.32 bits per heavy atom. The van der Waals surface area contributed by atoms with Gasteiger partial charge in [0.15, 0.2) is 15.1 Å². The Morgan fingerprint density at radius 2 is 1.95 bits per heavy atom. The Kier molecular flexibility index (Phi) is 3.67. The first-order chi connectivity index (χ1) is 8.87. The van der Waals surface area contributed by atoms with Gasteiger partial charge in [0.2, 0.25) is 0 Å². The van der Waals surface area contributed by atoms with Crippen molar-refractivity contribution in [1.29, 1.82) is 0 Å². The van der Waals surface area contributed by atoms with Crippen LogP contribution in [0.3, 0.4) is 0 Å². The van der Waals surface area contributed by atoms with Gasteiger partial charge in [-0.1, -0.05) is 12.1 Å². The molecule has 1 unspecified atom stereocenters. The van der Waals surface area contributed by atoms with Gasteiger partial charge in [-0.3, -0.25) is 4.79 Å². The van der Waals surface area contributed by atoms with E-state index in [-0.39, 0.29) is 10.8 Å². The van der Waals surface area contributed by atoms with E-state index in [1.165, 1.54) is 7.11 Å². The monoisotopic (exact) mass is 282 g/mol. The normalized spacial score (nSPS) is 17.0. The van der Waals surface area contributed by atoms with Gasteiger partial charge in [0.1, 0.15) is 0 Å². The average molecular weight is 282 g/mol. The maximum absolute atomic E-state index is 12.7. The number of carbonyl (C=O) groups is 1. The van der Waals surface area contributed by atoms with Crippen LogP contribution in [-0.2, 0) is 19.4 Å². The van der Waals surface area contributed by atoms with Crippen molar-refractivity contribution < 1.29 is 17.9 Å². The Labute approximate surface area is 113 Å². The molecule has 2 rings (SSSR count). The van der Waals surface area contributed by atoms with Crippen LogP contribution in [0.4, 0.5) is 0 Å². The summed E-state index contributed by atoms with van der Waals surface area (Å²) < 4.78 is 30.0. The number of aryl methyl sites for hydroxylation is 2. The number of sulfone groups is 1. The summed E-state index contributed by atoms with van der Waals surface area (Å²) in [6, 6.07) is 5.26. The molecule has 0 N–H and O–H groups in total. The van der Waals surface area contributed by atoms with Crippen molar-refractivity contribution in [3.63, 3.8) is 0 Å². The zero-order valence-electron chi connectivity index (χ0n) is 11.3. The number of hydrogen-bond donors (Lipinski definition) is 0. The largest absolute Gasteiger partial charge is 0.468 e. The van der Waals surface area contributed by atoms with E-state index in [0.29, 0.717) is 5.56 Å². The fourth-order valence-corrected chi connectivity index (χ4v) is 4.51.